The third-order valence-electron chi connectivity index (χ3n) is 8.81. The SMILES string of the molecule is CCCC1(CCc2ccccc2)OC(=O)C(C)=C(O)C1C1=CC=CC(CS(=O)(=O)c2ccc(C#N)cn2)(C2CC2)C1. The van der Waals surface area contributed by atoms with E-state index >= 15 is 0 Å². The number of carbonyl (C=O) groups excluding carboxylic acids is 1. The maximum absolute atomic E-state index is 13.6. The summed E-state index contributed by atoms with van der Waals surface area (Å²) in [4.78, 5) is 17.1. The van der Waals surface area contributed by atoms with Crippen LogP contribution in [0.3, 0.4) is 0 Å². The monoisotopic (exact) mass is 572 g/mol. The van der Waals surface area contributed by atoms with Gasteiger partial charge in [-0.3, -0.25) is 0 Å². The summed E-state index contributed by atoms with van der Waals surface area (Å²) >= 11 is 0. The zero-order valence-electron chi connectivity index (χ0n) is 23.5. The fourth-order valence-electron chi connectivity index (χ4n) is 6.62. The number of sulfone groups is 1. The topological polar surface area (TPSA) is 117 Å². The van der Waals surface area contributed by atoms with Gasteiger partial charge in [0, 0.05) is 11.6 Å². The number of cyclic esters (lactones) is 1. The van der Waals surface area contributed by atoms with E-state index in [-0.39, 0.29) is 28.0 Å². The standard InChI is InChI=1S/C33H36N2O5S/c1-3-16-33(18-15-24-8-5-4-6-9-24)29(30(36)23(2)31(37)40-33)26-10-7-17-32(19-26,27-12-13-27)22-41(38,39)28-14-11-25(20-34)21-35-28/h4-11,14,17,21,27,29,36H,3,12-13,15-16,18-19,22H2,1-2H3. The second-order valence-corrected chi connectivity index (χ2v) is 13.6. The molecule has 1 aromatic carbocycles. The molecule has 1 N–H and O–H groups in total. The zero-order valence-corrected chi connectivity index (χ0v) is 24.4. The quantitative estimate of drug-likeness (QED) is 0.338. The van der Waals surface area contributed by atoms with Crippen molar-refractivity contribution in [3.63, 3.8) is 0 Å². The number of ether oxygens (including phenoxy) is 1. The van der Waals surface area contributed by atoms with Crippen LogP contribution >= 0.6 is 0 Å². The number of aliphatic hydroxyl groups is 1. The Balaban J connectivity index is 1.51. The number of aliphatic hydroxyl groups excluding tert-OH is 1. The molecular weight excluding hydrogens is 536 g/mol. The highest BCUT2D eigenvalue weighted by molar-refractivity contribution is 7.91. The molecule has 3 unspecified atom stereocenters. The van der Waals surface area contributed by atoms with Crippen molar-refractivity contribution in [1.29, 1.82) is 5.26 Å². The normalized spacial score (nSPS) is 26.3. The Labute approximate surface area is 242 Å². The summed E-state index contributed by atoms with van der Waals surface area (Å²) in [6.45, 7) is 3.63. The molecule has 41 heavy (non-hydrogen) atoms. The number of benzene rings is 1. The lowest BCUT2D eigenvalue weighted by Crippen LogP contribution is -2.49. The average molecular weight is 573 g/mol. The number of aromatic nitrogens is 1. The molecule has 3 aliphatic rings. The molecule has 1 aromatic heterocycles. The van der Waals surface area contributed by atoms with E-state index in [9.17, 15) is 18.3 Å². The molecule has 3 atom stereocenters. The van der Waals surface area contributed by atoms with Crippen LogP contribution in [-0.2, 0) is 25.8 Å². The molecule has 2 aliphatic carbocycles. The van der Waals surface area contributed by atoms with Gasteiger partial charge in [-0.05, 0) is 69.1 Å². The van der Waals surface area contributed by atoms with Crippen molar-refractivity contribution in [3.8, 4) is 6.07 Å². The minimum Gasteiger partial charge on any atom is -0.511 e. The van der Waals surface area contributed by atoms with Crippen LogP contribution in [0.15, 0.2) is 88.8 Å². The molecule has 5 rings (SSSR count). The first-order valence-corrected chi connectivity index (χ1v) is 15.9. The fraction of sp³-hybridized carbons (Fsp3) is 0.424. The number of carbonyl (C=O) groups is 1. The van der Waals surface area contributed by atoms with Gasteiger partial charge < -0.3 is 9.84 Å². The number of pyridine rings is 1. The smallest absolute Gasteiger partial charge is 0.337 e. The summed E-state index contributed by atoms with van der Waals surface area (Å²) in [7, 11) is -3.78. The van der Waals surface area contributed by atoms with Gasteiger partial charge in [-0.1, -0.05) is 67.5 Å². The molecule has 0 saturated heterocycles. The summed E-state index contributed by atoms with van der Waals surface area (Å²) in [5.41, 5.74) is 0.873. The Morgan fingerprint density at radius 2 is 1.90 bits per heavy atom. The van der Waals surface area contributed by atoms with Crippen molar-refractivity contribution in [3.05, 3.63) is 94.9 Å². The van der Waals surface area contributed by atoms with E-state index in [2.05, 4.69) is 4.98 Å². The third kappa shape index (κ3) is 5.73. The highest BCUT2D eigenvalue weighted by atomic mass is 32.2. The van der Waals surface area contributed by atoms with Crippen LogP contribution in [0.25, 0.3) is 0 Å². The molecule has 214 valence electrons. The van der Waals surface area contributed by atoms with Crippen LogP contribution in [-0.4, -0.2) is 35.8 Å². The Morgan fingerprint density at radius 3 is 2.54 bits per heavy atom. The molecule has 0 radical (unpaired) electrons. The van der Waals surface area contributed by atoms with Gasteiger partial charge in [-0.15, -0.1) is 0 Å². The minimum absolute atomic E-state index is 0.0191. The van der Waals surface area contributed by atoms with E-state index in [0.29, 0.717) is 31.2 Å². The average Bonchev–Trinajstić information content (AvgIpc) is 3.82. The number of hydrogen-bond donors (Lipinski definition) is 1. The predicted molar refractivity (Wildman–Crippen MR) is 155 cm³/mol. The van der Waals surface area contributed by atoms with Crippen LogP contribution in [0.1, 0.15) is 63.5 Å². The molecule has 2 aromatic rings. The lowest BCUT2D eigenvalue weighted by atomic mass is 9.66. The highest BCUT2D eigenvalue weighted by Gasteiger charge is 2.54. The van der Waals surface area contributed by atoms with E-state index in [4.69, 9.17) is 10.00 Å². The molecule has 2 heterocycles. The number of esters is 1. The largest absolute Gasteiger partial charge is 0.511 e. The molecule has 1 aliphatic heterocycles. The first-order valence-electron chi connectivity index (χ1n) is 14.3. The van der Waals surface area contributed by atoms with E-state index in [0.717, 1.165) is 30.4 Å². The lowest BCUT2D eigenvalue weighted by molar-refractivity contribution is -0.166. The molecule has 0 bridgehead atoms. The number of aryl methyl sites for hydroxylation is 1. The second-order valence-electron chi connectivity index (χ2n) is 11.7. The Kier molecular flexibility index (Phi) is 7.93. The summed E-state index contributed by atoms with van der Waals surface area (Å²) in [6.07, 6.45) is 12.0. The molecular formula is C33H36N2O5S. The first kappa shape index (κ1) is 28.8. The van der Waals surface area contributed by atoms with Crippen LogP contribution in [0.5, 0.6) is 0 Å². The maximum atomic E-state index is 13.6. The van der Waals surface area contributed by atoms with Gasteiger partial charge >= 0.3 is 5.97 Å². The van der Waals surface area contributed by atoms with E-state index < -0.39 is 32.7 Å². The van der Waals surface area contributed by atoms with Crippen molar-refractivity contribution < 1.29 is 23.1 Å². The van der Waals surface area contributed by atoms with Gasteiger partial charge in [-0.25, -0.2) is 18.2 Å². The van der Waals surface area contributed by atoms with Crippen molar-refractivity contribution >= 4 is 15.8 Å². The molecule has 8 heteroatoms. The van der Waals surface area contributed by atoms with E-state index in [1.54, 1.807) is 6.92 Å². The minimum atomic E-state index is -3.78. The van der Waals surface area contributed by atoms with Gasteiger partial charge in [-0.2, -0.15) is 5.26 Å². The van der Waals surface area contributed by atoms with Crippen molar-refractivity contribution in [2.75, 3.05) is 5.75 Å². The van der Waals surface area contributed by atoms with Gasteiger partial charge in [0.25, 0.3) is 0 Å². The third-order valence-corrected chi connectivity index (χ3v) is 10.6. The van der Waals surface area contributed by atoms with Crippen molar-refractivity contribution in [1.82, 2.24) is 4.98 Å². The van der Waals surface area contributed by atoms with Crippen molar-refractivity contribution in [2.45, 2.75) is 69.4 Å². The fourth-order valence-corrected chi connectivity index (χ4v) is 8.39. The number of nitrogens with zero attached hydrogens (tertiary/aromatic N) is 2. The summed E-state index contributed by atoms with van der Waals surface area (Å²) in [5, 5.41) is 20.6. The molecule has 0 spiro atoms. The number of allylic oxidation sites excluding steroid dienone is 3. The second kappa shape index (κ2) is 11.3. The van der Waals surface area contributed by atoms with Gasteiger partial charge in [0.15, 0.2) is 14.9 Å². The molecule has 7 nitrogen and oxygen atoms in total. The van der Waals surface area contributed by atoms with Crippen LogP contribution in [0.2, 0.25) is 0 Å². The summed E-state index contributed by atoms with van der Waals surface area (Å²) in [5.74, 6) is -1.000. The summed E-state index contributed by atoms with van der Waals surface area (Å²) in [6, 6.07) is 14.9. The lowest BCUT2D eigenvalue weighted by Gasteiger charge is -2.46. The van der Waals surface area contributed by atoms with Gasteiger partial charge in [0.05, 0.1) is 22.8 Å². The highest BCUT2D eigenvalue weighted by Crippen LogP contribution is 2.56. The number of hydrogen-bond acceptors (Lipinski definition) is 7. The number of rotatable bonds is 10. The van der Waals surface area contributed by atoms with Crippen LogP contribution < -0.4 is 0 Å². The Morgan fingerprint density at radius 1 is 1.15 bits per heavy atom. The predicted octanol–water partition coefficient (Wildman–Crippen LogP) is 6.19. The zero-order chi connectivity index (χ0) is 29.3. The van der Waals surface area contributed by atoms with Crippen molar-refractivity contribution in [2.24, 2.45) is 17.3 Å². The first-order chi connectivity index (χ1) is 19.6. The molecule has 0 amide bonds. The Bertz CT molecular complexity index is 1550. The molecule has 1 saturated carbocycles. The summed E-state index contributed by atoms with van der Waals surface area (Å²) < 4.78 is 33.5. The van der Waals surface area contributed by atoms with E-state index in [1.165, 1.54) is 18.3 Å². The Hall–Kier alpha value is -3.70. The number of nitriles is 1. The van der Waals surface area contributed by atoms with Gasteiger partial charge in [0.2, 0.25) is 0 Å². The van der Waals surface area contributed by atoms with Gasteiger partial charge in [0.1, 0.15) is 17.4 Å². The van der Waals surface area contributed by atoms with Crippen LogP contribution in [0, 0.1) is 28.6 Å². The van der Waals surface area contributed by atoms with Crippen LogP contribution in [0.4, 0.5) is 0 Å². The molecule has 1 fully saturated rings. The van der Waals surface area contributed by atoms with E-state index in [1.807, 2.05) is 61.6 Å². The maximum Gasteiger partial charge on any atom is 0.337 e.